The number of carbonyl (C=O) groups excluding carboxylic acids is 3. The van der Waals surface area contributed by atoms with E-state index in [0.717, 1.165) is 75.1 Å². The first-order chi connectivity index (χ1) is 23.5. The summed E-state index contributed by atoms with van der Waals surface area (Å²) in [6, 6.07) is 14.4. The van der Waals surface area contributed by atoms with Gasteiger partial charge in [0.25, 0.3) is 0 Å². The maximum absolute atomic E-state index is 14.0. The van der Waals surface area contributed by atoms with E-state index in [9.17, 15) is 14.4 Å². The van der Waals surface area contributed by atoms with Crippen LogP contribution in [0.4, 0.5) is 15.3 Å². The van der Waals surface area contributed by atoms with Gasteiger partial charge in [-0.05, 0) is 99.2 Å². The zero-order valence-electron chi connectivity index (χ0n) is 28.1. The third-order valence-corrected chi connectivity index (χ3v) is 11.1. The average molecular weight is 658 g/mol. The third-order valence-electron chi connectivity index (χ3n) is 11.1. The number of rotatable bonds is 7. The predicted octanol–water partition coefficient (Wildman–Crippen LogP) is 3.57. The Morgan fingerprint density at radius 3 is 2.35 bits per heavy atom. The fourth-order valence-electron chi connectivity index (χ4n) is 8.32. The molecule has 4 aliphatic heterocycles. The van der Waals surface area contributed by atoms with E-state index >= 15 is 0 Å². The van der Waals surface area contributed by atoms with Crippen LogP contribution >= 0.6 is 0 Å². The number of anilines is 1. The molecule has 11 nitrogen and oxygen atoms in total. The number of hydrogen-bond acceptors (Lipinski definition) is 7. The molecule has 258 valence electrons. The van der Waals surface area contributed by atoms with E-state index in [4.69, 9.17) is 4.84 Å². The minimum Gasteiger partial charge on any atom is -0.351 e. The molecule has 4 heterocycles. The second-order valence-corrected chi connectivity index (χ2v) is 14.1. The average Bonchev–Trinajstić information content (AvgIpc) is 3.30. The van der Waals surface area contributed by atoms with E-state index in [0.29, 0.717) is 58.0 Å². The summed E-state index contributed by atoms with van der Waals surface area (Å²) < 4.78 is 0. The molecule has 7 rings (SSSR count). The molecule has 3 N–H and O–H groups in total. The van der Waals surface area contributed by atoms with Crippen LogP contribution in [0.5, 0.6) is 0 Å². The number of urea groups is 1. The lowest BCUT2D eigenvalue weighted by Crippen LogP contribution is -2.58. The molecule has 0 unspecified atom stereocenters. The van der Waals surface area contributed by atoms with Crippen LogP contribution in [0.1, 0.15) is 60.8 Å². The van der Waals surface area contributed by atoms with Gasteiger partial charge in [0.05, 0.1) is 0 Å². The van der Waals surface area contributed by atoms with Gasteiger partial charge in [-0.3, -0.25) is 9.69 Å². The summed E-state index contributed by atoms with van der Waals surface area (Å²) in [6.45, 7) is 6.88. The van der Waals surface area contributed by atoms with Crippen LogP contribution in [0.2, 0.25) is 0 Å². The Labute approximate surface area is 284 Å². The van der Waals surface area contributed by atoms with Crippen molar-refractivity contribution in [3.8, 4) is 0 Å². The molecule has 3 saturated heterocycles. The number of nitrogens with one attached hydrogen (secondary N) is 3. The molecular formula is C37H51N7O4. The number of para-hydroxylation sites is 1. The number of fused-ring (bicyclic) bond motifs is 2. The second-order valence-electron chi connectivity index (χ2n) is 14.1. The van der Waals surface area contributed by atoms with Crippen molar-refractivity contribution in [2.45, 2.75) is 82.3 Å². The van der Waals surface area contributed by atoms with Crippen LogP contribution in [0, 0.1) is 0 Å². The third kappa shape index (κ3) is 7.79. The van der Waals surface area contributed by atoms with Crippen molar-refractivity contribution in [2.24, 2.45) is 0 Å². The SMILES string of the molecule is O=C(N[C@H](Cc1ccc2c(c1)CCCC2)C(=O)N1CCN(C2CCNCC2)CC1)ON1CCC(N2CCc3ccccc3NC2=O)CC1. The molecule has 4 amide bonds. The first kappa shape index (κ1) is 32.9. The van der Waals surface area contributed by atoms with E-state index in [1.165, 1.54) is 24.0 Å². The number of aryl methyl sites for hydroxylation is 2. The fraction of sp³-hybridized carbons (Fsp3) is 0.595. The Kier molecular flexibility index (Phi) is 10.4. The molecule has 5 aliphatic rings. The van der Waals surface area contributed by atoms with Gasteiger partial charge >= 0.3 is 12.1 Å². The number of nitrogens with zero attached hydrogens (tertiary/aromatic N) is 4. The van der Waals surface area contributed by atoms with Crippen molar-refractivity contribution in [3.05, 3.63) is 64.7 Å². The van der Waals surface area contributed by atoms with Crippen LogP contribution < -0.4 is 16.0 Å². The first-order valence-corrected chi connectivity index (χ1v) is 18.2. The summed E-state index contributed by atoms with van der Waals surface area (Å²) in [5.74, 6) is -0.0403. The Morgan fingerprint density at radius 2 is 1.56 bits per heavy atom. The summed E-state index contributed by atoms with van der Waals surface area (Å²) in [7, 11) is 0. The van der Waals surface area contributed by atoms with Gasteiger partial charge in [-0.2, -0.15) is 0 Å². The standard InChI is InChI=1S/C37H51N7O4/c45-35(42-23-21-41(22-24-42)31-11-16-38-17-12-31)34(26-27-9-10-28-5-1-2-7-30(28)25-27)40-37(47)48-43-18-14-32(15-19-43)44-20-13-29-6-3-4-8-33(29)39-36(44)46/h3-4,6,8-10,25,31-32,34,38H,1-2,5,7,11-24,26H2,(H,39,46)(H,40,47)/t34-/m1/s1. The van der Waals surface area contributed by atoms with Crippen LogP contribution in [0.3, 0.4) is 0 Å². The maximum atomic E-state index is 14.0. The molecule has 1 aliphatic carbocycles. The topological polar surface area (TPSA) is 109 Å². The van der Waals surface area contributed by atoms with E-state index in [-0.39, 0.29) is 18.0 Å². The van der Waals surface area contributed by atoms with E-state index in [2.05, 4.69) is 45.1 Å². The number of benzene rings is 2. The van der Waals surface area contributed by atoms with Gasteiger partial charge in [0.15, 0.2) is 0 Å². The highest BCUT2D eigenvalue weighted by Crippen LogP contribution is 2.26. The van der Waals surface area contributed by atoms with Gasteiger partial charge in [-0.25, -0.2) is 9.59 Å². The highest BCUT2D eigenvalue weighted by molar-refractivity contribution is 5.91. The van der Waals surface area contributed by atoms with Crippen molar-refractivity contribution in [3.63, 3.8) is 0 Å². The molecule has 1 atom stereocenters. The number of carbonyl (C=O) groups is 3. The van der Waals surface area contributed by atoms with E-state index in [1.807, 2.05) is 28.0 Å². The summed E-state index contributed by atoms with van der Waals surface area (Å²) in [5.41, 5.74) is 5.87. The largest absolute Gasteiger partial charge is 0.426 e. The van der Waals surface area contributed by atoms with Gasteiger partial charge in [0.1, 0.15) is 6.04 Å². The van der Waals surface area contributed by atoms with Gasteiger partial charge in [-0.1, -0.05) is 36.4 Å². The minimum atomic E-state index is -0.704. The van der Waals surface area contributed by atoms with Crippen LogP contribution in [-0.2, 0) is 35.3 Å². The fourth-order valence-corrected chi connectivity index (χ4v) is 8.32. The lowest BCUT2D eigenvalue weighted by molar-refractivity contribution is -0.137. The molecule has 2 aromatic rings. The molecular weight excluding hydrogens is 606 g/mol. The van der Waals surface area contributed by atoms with Gasteiger partial charge in [-0.15, -0.1) is 5.06 Å². The van der Waals surface area contributed by atoms with Crippen molar-refractivity contribution in [1.29, 1.82) is 0 Å². The van der Waals surface area contributed by atoms with Crippen molar-refractivity contribution in [2.75, 3.05) is 64.2 Å². The number of piperidine rings is 2. The summed E-state index contributed by atoms with van der Waals surface area (Å²) >= 11 is 0. The Bertz CT molecular complexity index is 1450. The van der Waals surface area contributed by atoms with E-state index < -0.39 is 12.1 Å². The van der Waals surface area contributed by atoms with Gasteiger partial charge < -0.3 is 30.6 Å². The second kappa shape index (κ2) is 15.3. The normalized spacial score (nSPS) is 22.2. The number of hydrogen-bond donors (Lipinski definition) is 3. The molecule has 3 fully saturated rings. The van der Waals surface area contributed by atoms with Crippen molar-refractivity contribution in [1.82, 2.24) is 30.4 Å². The maximum Gasteiger partial charge on any atom is 0.426 e. The van der Waals surface area contributed by atoms with E-state index in [1.54, 1.807) is 5.06 Å². The van der Waals surface area contributed by atoms with Crippen molar-refractivity contribution >= 4 is 23.7 Å². The van der Waals surface area contributed by atoms with Gasteiger partial charge in [0, 0.05) is 70.0 Å². The summed E-state index contributed by atoms with van der Waals surface area (Å²) in [6.07, 6.45) is 8.95. The lowest BCUT2D eigenvalue weighted by atomic mass is 9.89. The highest BCUT2D eigenvalue weighted by Gasteiger charge is 2.34. The Morgan fingerprint density at radius 1 is 0.812 bits per heavy atom. The zero-order valence-corrected chi connectivity index (χ0v) is 28.1. The molecule has 2 aromatic carbocycles. The molecule has 0 radical (unpaired) electrons. The van der Waals surface area contributed by atoms with Crippen LogP contribution in [-0.4, -0.2) is 115 Å². The predicted molar refractivity (Wildman–Crippen MR) is 185 cm³/mol. The smallest absolute Gasteiger partial charge is 0.351 e. The minimum absolute atomic E-state index is 0.0403. The monoisotopic (exact) mass is 657 g/mol. The Balaban J connectivity index is 0.954. The zero-order chi connectivity index (χ0) is 32.9. The lowest BCUT2D eigenvalue weighted by Gasteiger charge is -2.41. The number of amides is 4. The van der Waals surface area contributed by atoms with Crippen LogP contribution in [0.15, 0.2) is 42.5 Å². The molecule has 0 aromatic heterocycles. The number of hydroxylamine groups is 2. The van der Waals surface area contributed by atoms with Gasteiger partial charge in [0.2, 0.25) is 5.91 Å². The molecule has 0 bridgehead atoms. The summed E-state index contributed by atoms with van der Waals surface area (Å²) in [5, 5.41) is 11.2. The van der Waals surface area contributed by atoms with Crippen molar-refractivity contribution < 1.29 is 19.2 Å². The molecule has 0 spiro atoms. The summed E-state index contributed by atoms with van der Waals surface area (Å²) in [4.78, 5) is 52.6. The molecule has 0 saturated carbocycles. The molecule has 48 heavy (non-hydrogen) atoms. The van der Waals surface area contributed by atoms with Crippen LogP contribution in [0.25, 0.3) is 0 Å². The Hall–Kier alpha value is -3.67. The molecule has 11 heteroatoms. The quantitative estimate of drug-likeness (QED) is 0.418. The number of piperazine rings is 1. The first-order valence-electron chi connectivity index (χ1n) is 18.2. The highest BCUT2D eigenvalue weighted by atomic mass is 16.7.